The molecule has 12 rings (SSSR count). The van der Waals surface area contributed by atoms with Crippen molar-refractivity contribution >= 4 is 139 Å². The van der Waals surface area contributed by atoms with Crippen LogP contribution in [0.1, 0.15) is 141 Å². The molecule has 0 unspecified atom stereocenters. The van der Waals surface area contributed by atoms with E-state index in [0.29, 0.717) is 47.6 Å². The molecule has 0 radical (unpaired) electrons. The molecule has 12 heterocycles. The summed E-state index contributed by atoms with van der Waals surface area (Å²) in [4.78, 5) is 63.7. The molecule has 1 fully saturated rings. The van der Waals surface area contributed by atoms with E-state index in [1.54, 1.807) is 29.8 Å². The molecular formula is C84H92BBr4Cl3F26N20O9. The summed E-state index contributed by atoms with van der Waals surface area (Å²) in [6, 6.07) is 4.70. The maximum Gasteiger partial charge on any atom is 0.496 e. The number of carbonyl (C=O) groups excluding carboxylic acids is 2. The Morgan fingerprint density at radius 2 is 0.714 bits per heavy atom. The van der Waals surface area contributed by atoms with Gasteiger partial charge in [0.2, 0.25) is 11.6 Å². The Morgan fingerprint density at radius 3 is 1.00 bits per heavy atom. The minimum Gasteiger partial charge on any atom is -0.463 e. The fourth-order valence-corrected chi connectivity index (χ4v) is 10.9. The lowest BCUT2D eigenvalue weighted by molar-refractivity contribution is -0.190. The van der Waals surface area contributed by atoms with Crippen molar-refractivity contribution in [1.82, 2.24) is 84.4 Å². The molecule has 11 aromatic heterocycles. The third kappa shape index (κ3) is 39.7. The Labute approximate surface area is 872 Å². The molecular weight excluding hydrogens is 2360 g/mol. The molecule has 816 valence electrons. The van der Waals surface area contributed by atoms with E-state index in [-0.39, 0.29) is 112 Å². The minimum atomic E-state index is -4.69. The number of nitrogens with two attached hydrogens (primary N) is 1. The number of carbonyl (C=O) groups is 2. The fourth-order valence-electron chi connectivity index (χ4n) is 10.0. The highest BCUT2D eigenvalue weighted by molar-refractivity contribution is 9.10. The number of ether oxygens (including phenoxy) is 5. The fraction of sp³-hybridized carbons (Fsp3) is 0.429. The van der Waals surface area contributed by atoms with E-state index in [4.69, 9.17) is 38.4 Å². The monoisotopic (exact) mass is 2450 g/mol. The van der Waals surface area contributed by atoms with Gasteiger partial charge < -0.3 is 43.7 Å². The zero-order valence-corrected chi connectivity index (χ0v) is 82.3. The van der Waals surface area contributed by atoms with E-state index in [1.165, 1.54) is 38.6 Å². The van der Waals surface area contributed by atoms with Crippen LogP contribution in [0.3, 0.4) is 0 Å². The summed E-state index contributed by atoms with van der Waals surface area (Å²) in [5, 5.41) is 8.28. The second-order valence-corrected chi connectivity index (χ2v) is 34.2. The lowest BCUT2D eigenvalue weighted by Crippen LogP contribution is -2.41. The average molecular weight is 2460 g/mol. The third-order valence-corrected chi connectivity index (χ3v) is 20.9. The first kappa shape index (κ1) is 136. The molecule has 5 atom stereocenters. The predicted octanol–water partition coefficient (Wildman–Crippen LogP) is 25.9. The molecule has 147 heavy (non-hydrogen) atoms. The van der Waals surface area contributed by atoms with Crippen molar-refractivity contribution in [3.63, 3.8) is 0 Å². The highest BCUT2D eigenvalue weighted by Gasteiger charge is 2.53. The number of rotatable bonds is 22. The second-order valence-electron chi connectivity index (χ2n) is 29.4. The van der Waals surface area contributed by atoms with Crippen LogP contribution in [0.5, 0.6) is 29.4 Å². The number of halogens is 33. The maximum atomic E-state index is 14.2. The van der Waals surface area contributed by atoms with Crippen molar-refractivity contribution < 1.29 is 157 Å². The van der Waals surface area contributed by atoms with Crippen molar-refractivity contribution in [2.24, 2.45) is 5.84 Å². The van der Waals surface area contributed by atoms with Gasteiger partial charge in [0.15, 0.2) is 71.1 Å². The molecule has 1 aliphatic heterocycles. The molecule has 0 spiro atoms. The van der Waals surface area contributed by atoms with Crippen LogP contribution in [0.15, 0.2) is 96.9 Å². The maximum absolute atomic E-state index is 14.2. The number of anilines is 2. The number of nitrogens with one attached hydrogen (secondary N) is 2. The average Bonchev–Trinajstić information content (AvgIpc) is 1.63. The number of fused-ring (bicyclic) bond motifs is 1. The molecule has 1 saturated heterocycles. The van der Waals surface area contributed by atoms with E-state index in [0.717, 1.165) is 103 Å². The highest BCUT2D eigenvalue weighted by atomic mass is 79.9. The highest BCUT2D eigenvalue weighted by Crippen LogP contribution is 2.41. The van der Waals surface area contributed by atoms with Gasteiger partial charge in [0, 0.05) is 80.3 Å². The first-order valence-corrected chi connectivity index (χ1v) is 42.8. The number of hydrazine groups is 1. The SMILES string of the molecule is C.C.C.C.C.C.C[C@H](Oc1ncc(B2OC(C)(C)C(C)(C)O2)cc1F)C(F)(F)F.Cc1c(-c2cnc(O[C@@H](C)C(F)(F)F)c(F)c2)ncc2nnc(C(F)(F)Br)n12.Cc1nc(Cl)cnc1-c1cnc(O[C@@H](C)C(F)(F)F)c(F)c1.Cc1nc(Cl)cnc1Br.Cc1nc(NCC(=O)C(F)(F)Br)cnc1-c1cnc(O[C@@H](C)C(F)(F)F)c(F)c1.Cc1nc(NN)cnc1-c1cnc(O[C@@H](C)C(F)(F)F)c(F)c1.O=C(Cl)C(F)(F)Br. The molecule has 0 bridgehead atoms. The van der Waals surface area contributed by atoms with Crippen molar-refractivity contribution in [1.29, 1.82) is 0 Å². The third-order valence-electron chi connectivity index (χ3n) is 18.1. The number of aryl methyl sites for hydroxylation is 5. The largest absolute Gasteiger partial charge is 0.496 e. The number of alkyl halides is 24. The topological polar surface area (TPSA) is 359 Å². The van der Waals surface area contributed by atoms with Crippen LogP contribution >= 0.6 is 98.5 Å². The van der Waals surface area contributed by atoms with Gasteiger partial charge in [-0.2, -0.15) is 92.2 Å². The summed E-state index contributed by atoms with van der Waals surface area (Å²) in [5.41, 5.74) is 4.96. The van der Waals surface area contributed by atoms with Crippen LogP contribution in [0.4, 0.5) is 126 Å². The normalized spacial score (nSPS) is 13.6. The second kappa shape index (κ2) is 55.3. The number of hydrogen-bond donors (Lipinski definition) is 3. The lowest BCUT2D eigenvalue weighted by atomic mass is 9.80. The van der Waals surface area contributed by atoms with Crippen molar-refractivity contribution in [2.45, 2.75) is 229 Å². The Kier molecular flexibility index (Phi) is 51.3. The molecule has 63 heteroatoms. The molecule has 1 aliphatic rings. The quantitative estimate of drug-likeness (QED) is 0.0142. The van der Waals surface area contributed by atoms with Gasteiger partial charge in [-0.05, 0) is 187 Å². The van der Waals surface area contributed by atoms with Crippen LogP contribution in [0, 0.1) is 63.7 Å². The van der Waals surface area contributed by atoms with Gasteiger partial charge in [-0.1, -0.05) is 67.8 Å². The molecule has 29 nitrogen and oxygen atoms in total. The van der Waals surface area contributed by atoms with Crippen molar-refractivity contribution in [3.05, 3.63) is 171 Å². The Bertz CT molecular complexity index is 6180. The molecule has 0 aromatic carbocycles. The smallest absolute Gasteiger partial charge is 0.463 e. The summed E-state index contributed by atoms with van der Waals surface area (Å²) in [7, 11) is -0.851. The number of nitrogens with zero attached hydrogens (tertiary/aromatic N) is 17. The van der Waals surface area contributed by atoms with Gasteiger partial charge >= 0.3 is 57.7 Å². The summed E-state index contributed by atoms with van der Waals surface area (Å²) in [6.45, 7) is 18.3. The van der Waals surface area contributed by atoms with Gasteiger partial charge in [-0.3, -0.25) is 33.9 Å². The Morgan fingerprint density at radius 1 is 0.422 bits per heavy atom. The number of aromatic nitrogens is 17. The van der Waals surface area contributed by atoms with Gasteiger partial charge in [0.05, 0.1) is 94.3 Å². The first-order valence-electron chi connectivity index (χ1n) is 38.5. The van der Waals surface area contributed by atoms with Gasteiger partial charge in [-0.25, -0.2) is 77.6 Å². The number of hydrogen-bond acceptors (Lipinski definition) is 28. The van der Waals surface area contributed by atoms with Crippen LogP contribution in [-0.4, -0.2) is 191 Å². The van der Waals surface area contributed by atoms with Crippen LogP contribution < -0.4 is 45.7 Å². The molecule has 0 aliphatic carbocycles. The number of ketones is 1. The van der Waals surface area contributed by atoms with Crippen LogP contribution in [0.25, 0.3) is 50.7 Å². The zero-order chi connectivity index (χ0) is 107. The van der Waals surface area contributed by atoms with E-state index in [9.17, 15) is 124 Å². The Hall–Kier alpha value is -10.5. The number of nitrogen functional groups attached to an aromatic ring is 1. The standard InChI is InChI=1S/C16H13BrF6N4O2.C15H10BrF6N5O.C14H18BF4NO3.C13H10ClF4N3O.C13H13F4N5O.C5H4BrClN2.C2BrClF2O.6CH4/c1-7-13(25-6-12(27-7)24-5-11(28)15(17,19)20)9-3-10(18)14(26-4-9)29-8(2)16(21,22)23;1-6-11(23-5-10-25-26-13(27(6)10)14(16,18)19)8-3-9(17)12(24-4-8)28-7(2)15(20,21)22;1-8(14(17,18)19)21-11-10(16)6-9(7-20-11)15-22-12(2,3)13(4,5)23-15;1-6-11(19-5-10(14)21-6)8-3-9(15)12(20-4-8)22-7(2)13(16,17)18;1-6-11(19-5-10(21-6)22-18)8-3-9(14)12(20-4-8)23-7(2)13(15,16)17;1-3-5(6)8-2-4(7)9-3;3-2(5,6)1(4)7;;;;;;/h3-4,6,8H,5H2,1-2H3,(H,24,27);3-5,7H,1-2H3;6-8H,1-5H3;3-5,7H,1-2H3;3-5,7H,18H2,1-2H3,(H,21,22);2H,1H3;;6*1H4/t8-;7-;8-;2*7-;;;;;;;;/m00000......../s1. The zero-order valence-electron chi connectivity index (χ0n) is 73.7. The first-order chi connectivity index (χ1) is 64.6. The number of Topliss-reactive ketones (excluding diaryl/α,β-unsaturated/α-hetero) is 1. The van der Waals surface area contributed by atoms with Gasteiger partial charge in [-0.15, -0.1) is 10.2 Å². The summed E-state index contributed by atoms with van der Waals surface area (Å²) >= 11 is 24.6. The summed E-state index contributed by atoms with van der Waals surface area (Å²) in [6.07, 6.45) is -22.3. The van der Waals surface area contributed by atoms with Crippen LogP contribution in [-0.2, 0) is 23.7 Å². The molecule has 0 amide bonds. The van der Waals surface area contributed by atoms with Gasteiger partial charge in [0.1, 0.15) is 20.7 Å². The van der Waals surface area contributed by atoms with E-state index < -0.39 is 176 Å². The number of pyridine rings is 5. The van der Waals surface area contributed by atoms with Crippen molar-refractivity contribution in [2.75, 3.05) is 17.3 Å². The van der Waals surface area contributed by atoms with Crippen LogP contribution in [0.2, 0.25) is 10.3 Å². The summed E-state index contributed by atoms with van der Waals surface area (Å²) in [5.74, 6) is -5.79. The summed E-state index contributed by atoms with van der Waals surface area (Å²) < 4.78 is 368. The molecule has 11 aromatic rings. The van der Waals surface area contributed by atoms with E-state index in [2.05, 4.69) is 158 Å². The van der Waals surface area contributed by atoms with Gasteiger partial charge in [0.25, 0.3) is 29.4 Å². The van der Waals surface area contributed by atoms with Crippen molar-refractivity contribution in [3.8, 4) is 74.4 Å². The molecule has 0 saturated carbocycles. The molecule has 4 N–H and O–H groups in total. The Balaban J connectivity index is 0.00000173. The van der Waals surface area contributed by atoms with E-state index >= 15 is 0 Å². The predicted molar refractivity (Wildman–Crippen MR) is 507 cm³/mol. The van der Waals surface area contributed by atoms with E-state index in [1.807, 2.05) is 50.5 Å². The minimum absolute atomic E-state index is 0. The lowest BCUT2D eigenvalue weighted by Gasteiger charge is -2.32.